The Morgan fingerprint density at radius 1 is 1.31 bits per heavy atom. The number of hydrogen-bond donors (Lipinski definition) is 0. The van der Waals surface area contributed by atoms with Crippen LogP contribution in [0.4, 0.5) is 0 Å². The van der Waals surface area contributed by atoms with Crippen molar-refractivity contribution in [2.24, 2.45) is 0 Å². The van der Waals surface area contributed by atoms with Gasteiger partial charge in [0.1, 0.15) is 11.6 Å². The number of Topliss-reactive ketones (excluding diaryl/α,β-unsaturated/α-hetero) is 1. The minimum absolute atomic E-state index is 0.0845. The van der Waals surface area contributed by atoms with Crippen LogP contribution in [0.15, 0.2) is 28.2 Å². The van der Waals surface area contributed by atoms with Gasteiger partial charge in [-0.2, -0.15) is 5.26 Å². The summed E-state index contributed by atoms with van der Waals surface area (Å²) in [4.78, 5) is 12.9. The van der Waals surface area contributed by atoms with E-state index in [4.69, 9.17) is 9.47 Å². The van der Waals surface area contributed by atoms with Crippen molar-refractivity contribution in [1.29, 1.82) is 5.26 Å². The van der Waals surface area contributed by atoms with Crippen LogP contribution in [-0.4, -0.2) is 17.1 Å². The Kier molecular flexibility index (Phi) is 5.19. The van der Waals surface area contributed by atoms with Crippen LogP contribution in [0.25, 0.3) is 6.08 Å². The van der Waals surface area contributed by atoms with Gasteiger partial charge in [-0.3, -0.25) is 4.79 Å². The Bertz CT molecular complexity index is 951. The van der Waals surface area contributed by atoms with Crippen LogP contribution in [0, 0.1) is 25.2 Å². The third kappa shape index (κ3) is 3.27. The summed E-state index contributed by atoms with van der Waals surface area (Å²) in [7, 11) is 0. The molecule has 0 aliphatic carbocycles. The molecule has 26 heavy (non-hydrogen) atoms. The first-order chi connectivity index (χ1) is 12.5. The summed E-state index contributed by atoms with van der Waals surface area (Å²) in [6.45, 7) is 7.01. The Labute approximate surface area is 161 Å². The van der Waals surface area contributed by atoms with Gasteiger partial charge >= 0.3 is 0 Å². The Morgan fingerprint density at radius 3 is 2.65 bits per heavy atom. The molecular formula is C20H19BrN2O3. The van der Waals surface area contributed by atoms with Gasteiger partial charge in [0.15, 0.2) is 11.5 Å². The van der Waals surface area contributed by atoms with Crippen molar-refractivity contribution < 1.29 is 14.3 Å². The number of ether oxygens (including phenoxy) is 2. The summed E-state index contributed by atoms with van der Waals surface area (Å²) in [5.41, 5.74) is 3.26. The molecule has 0 bridgehead atoms. The molecule has 0 radical (unpaired) electrons. The Hall–Kier alpha value is -2.52. The van der Waals surface area contributed by atoms with Crippen LogP contribution < -0.4 is 9.47 Å². The second-order valence-electron chi connectivity index (χ2n) is 6.16. The van der Waals surface area contributed by atoms with E-state index in [9.17, 15) is 10.1 Å². The average molecular weight is 415 g/mol. The average Bonchev–Trinajstić information content (AvgIpc) is 3.18. The number of ketones is 1. The van der Waals surface area contributed by atoms with Crippen molar-refractivity contribution in [2.45, 2.75) is 33.7 Å². The standard InChI is InChI=1S/C20H19BrN2O3/c1-4-5-23-12(2)6-16(13(23)3)20(24)15(10-22)7-14-8-18-19(9-17(14)21)26-11-25-18/h6-9H,4-5,11H2,1-3H3/b15-7+. The number of halogens is 1. The quantitative estimate of drug-likeness (QED) is 0.400. The van der Waals surface area contributed by atoms with Crippen molar-refractivity contribution in [3.8, 4) is 17.6 Å². The summed E-state index contributed by atoms with van der Waals surface area (Å²) < 4.78 is 13.6. The maximum absolute atomic E-state index is 12.9. The lowest BCUT2D eigenvalue weighted by atomic mass is 10.0. The summed E-state index contributed by atoms with van der Waals surface area (Å²) in [6.07, 6.45) is 2.56. The van der Waals surface area contributed by atoms with E-state index in [0.717, 1.165) is 28.8 Å². The van der Waals surface area contributed by atoms with E-state index in [1.54, 1.807) is 18.2 Å². The second-order valence-corrected chi connectivity index (χ2v) is 7.02. The molecule has 2 heterocycles. The fourth-order valence-electron chi connectivity index (χ4n) is 3.09. The summed E-state index contributed by atoms with van der Waals surface area (Å²) in [6, 6.07) is 7.44. The maximum Gasteiger partial charge on any atom is 0.231 e. The van der Waals surface area contributed by atoms with Crippen molar-refractivity contribution >= 4 is 27.8 Å². The third-order valence-electron chi connectivity index (χ3n) is 4.42. The molecule has 3 rings (SSSR count). The number of carbonyl (C=O) groups excluding carboxylic acids is 1. The van der Waals surface area contributed by atoms with E-state index in [1.165, 1.54) is 0 Å². The van der Waals surface area contributed by atoms with Gasteiger partial charge in [-0.15, -0.1) is 0 Å². The number of fused-ring (bicyclic) bond motifs is 1. The predicted octanol–water partition coefficient (Wildman–Crippen LogP) is 4.80. The fraction of sp³-hybridized carbons (Fsp3) is 0.300. The number of nitriles is 1. The number of hydrogen-bond acceptors (Lipinski definition) is 4. The monoisotopic (exact) mass is 414 g/mol. The first-order valence-electron chi connectivity index (χ1n) is 8.38. The number of rotatable bonds is 5. The topological polar surface area (TPSA) is 64.2 Å². The number of aryl methyl sites for hydroxylation is 1. The van der Waals surface area contributed by atoms with Crippen LogP contribution in [0.2, 0.25) is 0 Å². The molecule has 0 saturated carbocycles. The highest BCUT2D eigenvalue weighted by Gasteiger charge is 2.21. The maximum atomic E-state index is 12.9. The summed E-state index contributed by atoms with van der Waals surface area (Å²) >= 11 is 3.46. The molecule has 134 valence electrons. The van der Waals surface area contributed by atoms with Gasteiger partial charge in [-0.25, -0.2) is 0 Å². The first kappa shape index (κ1) is 18.3. The van der Waals surface area contributed by atoms with Crippen LogP contribution in [0.3, 0.4) is 0 Å². The smallest absolute Gasteiger partial charge is 0.231 e. The van der Waals surface area contributed by atoms with Gasteiger partial charge in [-0.1, -0.05) is 22.9 Å². The molecule has 5 nitrogen and oxygen atoms in total. The molecule has 1 aliphatic rings. The van der Waals surface area contributed by atoms with Crippen LogP contribution in [0.1, 0.15) is 40.7 Å². The lowest BCUT2D eigenvalue weighted by Crippen LogP contribution is -2.06. The van der Waals surface area contributed by atoms with Crippen LogP contribution in [0.5, 0.6) is 11.5 Å². The fourth-order valence-corrected chi connectivity index (χ4v) is 3.53. The predicted molar refractivity (Wildman–Crippen MR) is 102 cm³/mol. The highest BCUT2D eigenvalue weighted by atomic mass is 79.9. The van der Waals surface area contributed by atoms with Crippen LogP contribution in [-0.2, 0) is 6.54 Å². The minimum Gasteiger partial charge on any atom is -0.454 e. The van der Waals surface area contributed by atoms with Gasteiger partial charge < -0.3 is 14.0 Å². The van der Waals surface area contributed by atoms with Gasteiger partial charge in [0.2, 0.25) is 12.6 Å². The zero-order valence-corrected chi connectivity index (χ0v) is 16.5. The van der Waals surface area contributed by atoms with E-state index in [-0.39, 0.29) is 18.1 Å². The molecule has 1 aliphatic heterocycles. The van der Waals surface area contributed by atoms with E-state index < -0.39 is 0 Å². The third-order valence-corrected chi connectivity index (χ3v) is 5.11. The highest BCUT2D eigenvalue weighted by Crippen LogP contribution is 2.37. The number of allylic oxidation sites excluding steroid dienone is 1. The zero-order chi connectivity index (χ0) is 18.8. The van der Waals surface area contributed by atoms with Crippen LogP contribution >= 0.6 is 15.9 Å². The van der Waals surface area contributed by atoms with E-state index in [1.807, 2.05) is 26.0 Å². The Balaban J connectivity index is 2.00. The molecule has 0 saturated heterocycles. The normalized spacial score (nSPS) is 13.0. The van der Waals surface area contributed by atoms with Gasteiger partial charge in [-0.05, 0) is 50.1 Å². The van der Waals surface area contributed by atoms with Gasteiger partial charge in [0.25, 0.3) is 0 Å². The lowest BCUT2D eigenvalue weighted by molar-refractivity contribution is 0.103. The molecular weight excluding hydrogens is 396 g/mol. The van der Waals surface area contributed by atoms with Gasteiger partial charge in [0.05, 0.1) is 0 Å². The minimum atomic E-state index is -0.271. The molecule has 1 aromatic heterocycles. The molecule has 0 amide bonds. The second kappa shape index (κ2) is 7.38. The molecule has 6 heteroatoms. The van der Waals surface area contributed by atoms with E-state index >= 15 is 0 Å². The first-order valence-corrected chi connectivity index (χ1v) is 9.18. The summed E-state index contributed by atoms with van der Waals surface area (Å²) in [5, 5.41) is 9.56. The number of nitrogens with zero attached hydrogens (tertiary/aromatic N) is 2. The van der Waals surface area contributed by atoms with Gasteiger partial charge in [0, 0.05) is 28.0 Å². The Morgan fingerprint density at radius 2 is 2.00 bits per heavy atom. The SMILES string of the molecule is CCCn1c(C)cc(C(=O)/C(C#N)=C/c2cc3c(cc2Br)OCO3)c1C. The molecule has 0 spiro atoms. The lowest BCUT2D eigenvalue weighted by Gasteiger charge is -2.07. The van der Waals surface area contributed by atoms with E-state index in [2.05, 4.69) is 27.4 Å². The molecule has 0 fully saturated rings. The number of aromatic nitrogens is 1. The number of carbonyl (C=O) groups is 1. The molecule has 2 aromatic rings. The van der Waals surface area contributed by atoms with Crippen molar-refractivity contribution in [3.63, 3.8) is 0 Å². The van der Waals surface area contributed by atoms with Crippen molar-refractivity contribution in [2.75, 3.05) is 6.79 Å². The number of benzene rings is 1. The highest BCUT2D eigenvalue weighted by molar-refractivity contribution is 9.10. The molecule has 0 unspecified atom stereocenters. The van der Waals surface area contributed by atoms with Crippen molar-refractivity contribution in [3.05, 3.63) is 50.8 Å². The molecule has 0 N–H and O–H groups in total. The molecule has 1 aromatic carbocycles. The zero-order valence-electron chi connectivity index (χ0n) is 14.9. The largest absolute Gasteiger partial charge is 0.454 e. The molecule has 0 atom stereocenters. The summed E-state index contributed by atoms with van der Waals surface area (Å²) in [5.74, 6) is 0.972. The van der Waals surface area contributed by atoms with E-state index in [0.29, 0.717) is 22.6 Å². The van der Waals surface area contributed by atoms with Crippen molar-refractivity contribution in [1.82, 2.24) is 4.57 Å².